The third-order valence-electron chi connectivity index (χ3n) is 3.66. The SMILES string of the molecule is O=C(N/N=C\c1ccc(I)o1)C(O)(c1ccccc1)c1ccccc1. The number of nitrogens with zero attached hydrogens (tertiary/aromatic N) is 1. The van der Waals surface area contributed by atoms with Crippen molar-refractivity contribution < 1.29 is 14.3 Å². The first-order valence-electron chi connectivity index (χ1n) is 7.53. The number of halogens is 1. The normalized spacial score (nSPS) is 11.6. The summed E-state index contributed by atoms with van der Waals surface area (Å²) in [5.41, 5.74) is 1.47. The highest BCUT2D eigenvalue weighted by Crippen LogP contribution is 2.29. The van der Waals surface area contributed by atoms with E-state index in [1.807, 2.05) is 34.7 Å². The van der Waals surface area contributed by atoms with Crippen LogP contribution in [0.15, 0.2) is 82.3 Å². The lowest BCUT2D eigenvalue weighted by Gasteiger charge is -2.26. The number of carbonyl (C=O) groups is 1. The monoisotopic (exact) mass is 446 g/mol. The molecule has 0 spiro atoms. The van der Waals surface area contributed by atoms with Crippen molar-refractivity contribution >= 4 is 34.7 Å². The van der Waals surface area contributed by atoms with Crippen molar-refractivity contribution in [1.29, 1.82) is 0 Å². The van der Waals surface area contributed by atoms with E-state index in [0.717, 1.165) is 3.77 Å². The van der Waals surface area contributed by atoms with E-state index in [4.69, 9.17) is 4.42 Å². The van der Waals surface area contributed by atoms with E-state index in [-0.39, 0.29) is 0 Å². The van der Waals surface area contributed by atoms with E-state index in [9.17, 15) is 9.90 Å². The number of rotatable bonds is 5. The van der Waals surface area contributed by atoms with Gasteiger partial charge >= 0.3 is 0 Å². The molecule has 0 unspecified atom stereocenters. The van der Waals surface area contributed by atoms with Crippen LogP contribution in [0.2, 0.25) is 0 Å². The maximum absolute atomic E-state index is 12.8. The molecule has 25 heavy (non-hydrogen) atoms. The van der Waals surface area contributed by atoms with Crippen LogP contribution in [-0.2, 0) is 10.4 Å². The van der Waals surface area contributed by atoms with Crippen LogP contribution in [0.4, 0.5) is 0 Å². The van der Waals surface area contributed by atoms with Gasteiger partial charge in [0.25, 0.3) is 5.91 Å². The Labute approximate surface area is 158 Å². The molecule has 2 aromatic carbocycles. The Morgan fingerprint density at radius 2 is 1.56 bits per heavy atom. The number of amides is 1. The molecular formula is C19H15IN2O3. The molecule has 0 aliphatic heterocycles. The standard InChI is InChI=1S/C19H15IN2O3/c20-17-12-11-16(25-17)13-21-22-18(23)19(24,14-7-3-1-4-8-14)15-9-5-2-6-10-15/h1-13,24H,(H,22,23)/b21-13-. The van der Waals surface area contributed by atoms with E-state index in [2.05, 4.69) is 10.5 Å². The zero-order valence-corrected chi connectivity index (χ0v) is 15.3. The summed E-state index contributed by atoms with van der Waals surface area (Å²) in [5, 5.41) is 15.1. The predicted molar refractivity (Wildman–Crippen MR) is 103 cm³/mol. The van der Waals surface area contributed by atoms with Crippen LogP contribution >= 0.6 is 22.6 Å². The smallest absolute Gasteiger partial charge is 0.281 e. The van der Waals surface area contributed by atoms with Crippen LogP contribution < -0.4 is 5.43 Å². The number of hydrogen-bond donors (Lipinski definition) is 2. The molecule has 0 saturated heterocycles. The first-order chi connectivity index (χ1) is 12.1. The fourth-order valence-corrected chi connectivity index (χ4v) is 2.85. The molecule has 126 valence electrons. The van der Waals surface area contributed by atoms with Crippen LogP contribution in [0, 0.1) is 3.77 Å². The third kappa shape index (κ3) is 3.80. The number of furan rings is 1. The van der Waals surface area contributed by atoms with Crippen LogP contribution in [0.3, 0.4) is 0 Å². The van der Waals surface area contributed by atoms with Crippen LogP contribution in [0.25, 0.3) is 0 Å². The van der Waals surface area contributed by atoms with E-state index in [0.29, 0.717) is 16.9 Å². The number of carbonyl (C=O) groups excluding carboxylic acids is 1. The van der Waals surface area contributed by atoms with Crippen molar-refractivity contribution in [3.8, 4) is 0 Å². The second-order valence-electron chi connectivity index (χ2n) is 5.28. The lowest BCUT2D eigenvalue weighted by molar-refractivity contribution is -0.136. The molecule has 0 atom stereocenters. The minimum Gasteiger partial charge on any atom is -0.449 e. The van der Waals surface area contributed by atoms with Crippen molar-refractivity contribution in [3.63, 3.8) is 0 Å². The van der Waals surface area contributed by atoms with Gasteiger partial charge in [-0.2, -0.15) is 5.10 Å². The average Bonchev–Trinajstić information content (AvgIpc) is 3.07. The highest BCUT2D eigenvalue weighted by atomic mass is 127. The Bertz CT molecular complexity index is 836. The van der Waals surface area contributed by atoms with E-state index >= 15 is 0 Å². The Morgan fingerprint density at radius 3 is 2.04 bits per heavy atom. The predicted octanol–water partition coefficient (Wildman–Crippen LogP) is 3.27. The topological polar surface area (TPSA) is 74.8 Å². The van der Waals surface area contributed by atoms with Crippen LogP contribution in [0.5, 0.6) is 0 Å². The Balaban J connectivity index is 1.89. The summed E-state index contributed by atoms with van der Waals surface area (Å²) in [6, 6.07) is 21.0. The molecule has 5 nitrogen and oxygen atoms in total. The van der Waals surface area contributed by atoms with Gasteiger partial charge in [-0.25, -0.2) is 5.43 Å². The van der Waals surface area contributed by atoms with Crippen LogP contribution in [0.1, 0.15) is 16.9 Å². The molecule has 1 aromatic heterocycles. The van der Waals surface area contributed by atoms with Gasteiger partial charge in [0.15, 0.2) is 9.37 Å². The maximum atomic E-state index is 12.8. The summed E-state index contributed by atoms with van der Waals surface area (Å²) in [7, 11) is 0. The fourth-order valence-electron chi connectivity index (χ4n) is 2.42. The maximum Gasteiger partial charge on any atom is 0.281 e. The van der Waals surface area contributed by atoms with Gasteiger partial charge in [-0.05, 0) is 45.9 Å². The largest absolute Gasteiger partial charge is 0.449 e. The van der Waals surface area contributed by atoms with E-state index in [1.54, 1.807) is 60.7 Å². The summed E-state index contributed by atoms with van der Waals surface area (Å²) in [6.07, 6.45) is 1.39. The van der Waals surface area contributed by atoms with Gasteiger partial charge in [0, 0.05) is 0 Å². The molecule has 2 N–H and O–H groups in total. The number of nitrogens with one attached hydrogen (secondary N) is 1. The molecule has 0 fully saturated rings. The van der Waals surface area contributed by atoms with Gasteiger partial charge < -0.3 is 9.52 Å². The van der Waals surface area contributed by atoms with Crippen molar-refractivity contribution in [2.24, 2.45) is 5.10 Å². The summed E-state index contributed by atoms with van der Waals surface area (Å²) in [6.45, 7) is 0. The third-order valence-corrected chi connectivity index (χ3v) is 4.24. The zero-order chi connectivity index (χ0) is 17.7. The quantitative estimate of drug-likeness (QED) is 0.359. The van der Waals surface area contributed by atoms with Crippen molar-refractivity contribution in [2.45, 2.75) is 5.60 Å². The van der Waals surface area contributed by atoms with Gasteiger partial charge in [-0.3, -0.25) is 4.79 Å². The molecule has 0 aliphatic carbocycles. The molecule has 1 amide bonds. The number of benzene rings is 2. The molecule has 0 aliphatic rings. The molecule has 6 heteroatoms. The first-order valence-corrected chi connectivity index (χ1v) is 8.61. The zero-order valence-electron chi connectivity index (χ0n) is 13.1. The summed E-state index contributed by atoms with van der Waals surface area (Å²) in [4.78, 5) is 12.8. The van der Waals surface area contributed by atoms with Gasteiger partial charge in [0.05, 0.1) is 6.21 Å². The lowest BCUT2D eigenvalue weighted by atomic mass is 9.85. The minimum absolute atomic E-state index is 0.460. The summed E-state index contributed by atoms with van der Waals surface area (Å²) >= 11 is 2.04. The van der Waals surface area contributed by atoms with E-state index in [1.165, 1.54) is 6.21 Å². The molecule has 0 radical (unpaired) electrons. The second kappa shape index (κ2) is 7.62. The van der Waals surface area contributed by atoms with Gasteiger partial charge in [-0.15, -0.1) is 0 Å². The average molecular weight is 446 g/mol. The molecule has 0 bridgehead atoms. The number of hydrazone groups is 1. The first kappa shape index (κ1) is 17.4. The van der Waals surface area contributed by atoms with Crippen molar-refractivity contribution in [3.05, 3.63) is 93.5 Å². The molecule has 1 heterocycles. The van der Waals surface area contributed by atoms with Gasteiger partial charge in [-0.1, -0.05) is 60.7 Å². The highest BCUT2D eigenvalue weighted by molar-refractivity contribution is 14.1. The number of aliphatic hydroxyl groups is 1. The Hall–Kier alpha value is -2.45. The van der Waals surface area contributed by atoms with Crippen molar-refractivity contribution in [1.82, 2.24) is 5.43 Å². The summed E-state index contributed by atoms with van der Waals surface area (Å²) in [5.74, 6) is -0.143. The van der Waals surface area contributed by atoms with E-state index < -0.39 is 11.5 Å². The van der Waals surface area contributed by atoms with Crippen molar-refractivity contribution in [2.75, 3.05) is 0 Å². The minimum atomic E-state index is -1.85. The molecule has 3 rings (SSSR count). The Morgan fingerprint density at radius 1 is 1.00 bits per heavy atom. The highest BCUT2D eigenvalue weighted by Gasteiger charge is 2.39. The summed E-state index contributed by atoms with van der Waals surface area (Å²) < 4.78 is 6.06. The molecule has 0 saturated carbocycles. The molecular weight excluding hydrogens is 431 g/mol. The van der Waals surface area contributed by atoms with Gasteiger partial charge in [0.2, 0.25) is 0 Å². The molecule has 3 aromatic rings. The second-order valence-corrected chi connectivity index (χ2v) is 6.35. The fraction of sp³-hybridized carbons (Fsp3) is 0.0526. The Kier molecular flexibility index (Phi) is 5.30. The lowest BCUT2D eigenvalue weighted by Crippen LogP contribution is -2.43. The number of hydrogen-bond acceptors (Lipinski definition) is 4. The van der Waals surface area contributed by atoms with Gasteiger partial charge in [0.1, 0.15) is 5.76 Å². The van der Waals surface area contributed by atoms with Crippen LogP contribution in [-0.4, -0.2) is 17.2 Å².